The van der Waals surface area contributed by atoms with Gasteiger partial charge in [0.25, 0.3) is 0 Å². The first-order valence-corrected chi connectivity index (χ1v) is 10.6. The molecule has 0 radical (unpaired) electrons. The number of carbonyl (C=O) groups excluding carboxylic acids is 3. The van der Waals surface area contributed by atoms with E-state index in [1.54, 1.807) is 31.2 Å². The molecule has 1 atom stereocenters. The first-order chi connectivity index (χ1) is 14.3. The molecule has 5 N–H and O–H groups in total. The van der Waals surface area contributed by atoms with Gasteiger partial charge in [0, 0.05) is 23.0 Å². The SMILES string of the molecule is C[C@H](N)C(=O)Nc1ccccc1NC(=O)CCCCCC(=O)Nc1cccc(Br)c1. The number of carbonyl (C=O) groups is 3. The van der Waals surface area contributed by atoms with Crippen molar-refractivity contribution in [3.63, 3.8) is 0 Å². The highest BCUT2D eigenvalue weighted by molar-refractivity contribution is 9.10. The standard InChI is InChI=1S/C22H27BrN4O3/c1-15(24)22(30)27-19-11-6-5-10-18(19)26-21(29)13-4-2-3-12-20(28)25-17-9-7-8-16(23)14-17/h5-11,14-15H,2-4,12-13,24H2,1H3,(H,25,28)(H,26,29)(H,27,30)/t15-/m0/s1. The average Bonchev–Trinajstić information content (AvgIpc) is 2.69. The lowest BCUT2D eigenvalue weighted by Crippen LogP contribution is -2.32. The summed E-state index contributed by atoms with van der Waals surface area (Å²) in [5.74, 6) is -0.509. The van der Waals surface area contributed by atoms with E-state index in [-0.39, 0.29) is 17.7 Å². The number of nitrogens with one attached hydrogen (secondary N) is 3. The van der Waals surface area contributed by atoms with E-state index in [1.165, 1.54) is 0 Å². The molecule has 2 aromatic rings. The van der Waals surface area contributed by atoms with Crippen molar-refractivity contribution in [3.05, 3.63) is 53.0 Å². The van der Waals surface area contributed by atoms with Crippen LogP contribution in [0.4, 0.5) is 17.1 Å². The van der Waals surface area contributed by atoms with E-state index in [0.29, 0.717) is 37.1 Å². The van der Waals surface area contributed by atoms with Crippen molar-refractivity contribution in [1.82, 2.24) is 0 Å². The van der Waals surface area contributed by atoms with Gasteiger partial charge in [0.1, 0.15) is 0 Å². The Morgan fingerprint density at radius 2 is 1.47 bits per heavy atom. The lowest BCUT2D eigenvalue weighted by molar-refractivity contribution is -0.117. The van der Waals surface area contributed by atoms with E-state index in [2.05, 4.69) is 31.9 Å². The van der Waals surface area contributed by atoms with Crippen LogP contribution in [0.1, 0.15) is 39.0 Å². The topological polar surface area (TPSA) is 113 Å². The second-order valence-electron chi connectivity index (χ2n) is 6.99. The molecule has 3 amide bonds. The number of halogens is 1. The fourth-order valence-corrected chi connectivity index (χ4v) is 3.10. The van der Waals surface area contributed by atoms with Gasteiger partial charge >= 0.3 is 0 Å². The number of benzene rings is 2. The Morgan fingerprint density at radius 3 is 2.07 bits per heavy atom. The number of rotatable bonds is 10. The summed E-state index contributed by atoms with van der Waals surface area (Å²) in [7, 11) is 0. The summed E-state index contributed by atoms with van der Waals surface area (Å²) < 4.78 is 0.907. The summed E-state index contributed by atoms with van der Waals surface area (Å²) in [5, 5.41) is 8.37. The Labute approximate surface area is 184 Å². The highest BCUT2D eigenvalue weighted by Gasteiger charge is 2.12. The monoisotopic (exact) mass is 474 g/mol. The fraction of sp³-hybridized carbons (Fsp3) is 0.318. The molecule has 0 heterocycles. The highest BCUT2D eigenvalue weighted by atomic mass is 79.9. The predicted octanol–water partition coefficient (Wildman–Crippen LogP) is 4.26. The zero-order chi connectivity index (χ0) is 21.9. The second-order valence-corrected chi connectivity index (χ2v) is 7.91. The summed E-state index contributed by atoms with van der Waals surface area (Å²) in [4.78, 5) is 36.0. The van der Waals surface area contributed by atoms with Gasteiger partial charge in [-0.15, -0.1) is 0 Å². The van der Waals surface area contributed by atoms with E-state index >= 15 is 0 Å². The molecular weight excluding hydrogens is 448 g/mol. The van der Waals surface area contributed by atoms with Crippen LogP contribution in [0.3, 0.4) is 0 Å². The molecule has 8 heteroatoms. The van der Waals surface area contributed by atoms with Gasteiger partial charge in [-0.2, -0.15) is 0 Å². The third-order valence-corrected chi connectivity index (χ3v) is 4.78. The van der Waals surface area contributed by atoms with Gasteiger partial charge in [0.2, 0.25) is 17.7 Å². The minimum absolute atomic E-state index is 0.0450. The predicted molar refractivity (Wildman–Crippen MR) is 123 cm³/mol. The zero-order valence-corrected chi connectivity index (χ0v) is 18.5. The number of hydrogen-bond donors (Lipinski definition) is 4. The Bertz CT molecular complexity index is 886. The molecule has 7 nitrogen and oxygen atoms in total. The highest BCUT2D eigenvalue weighted by Crippen LogP contribution is 2.21. The van der Waals surface area contributed by atoms with Crippen LogP contribution in [0.2, 0.25) is 0 Å². The maximum absolute atomic E-state index is 12.2. The van der Waals surface area contributed by atoms with Crippen LogP contribution >= 0.6 is 15.9 Å². The summed E-state index contributed by atoms with van der Waals surface area (Å²) >= 11 is 3.37. The summed E-state index contributed by atoms with van der Waals surface area (Å²) in [5.41, 5.74) is 7.37. The smallest absolute Gasteiger partial charge is 0.241 e. The van der Waals surface area contributed by atoms with Gasteiger partial charge in [-0.1, -0.05) is 40.5 Å². The molecule has 0 saturated carbocycles. The average molecular weight is 475 g/mol. The first-order valence-electron chi connectivity index (χ1n) is 9.86. The summed E-state index contributed by atoms with van der Waals surface area (Å²) in [6, 6.07) is 13.8. The normalized spacial score (nSPS) is 11.4. The molecule has 0 aliphatic heterocycles. The summed E-state index contributed by atoms with van der Waals surface area (Å²) in [6.45, 7) is 1.59. The van der Waals surface area contributed by atoms with Crippen LogP contribution in [0, 0.1) is 0 Å². The molecule has 0 fully saturated rings. The number of hydrogen-bond acceptors (Lipinski definition) is 4. The summed E-state index contributed by atoms with van der Waals surface area (Å²) in [6.07, 6.45) is 2.88. The third kappa shape index (κ3) is 8.34. The zero-order valence-electron chi connectivity index (χ0n) is 16.9. The van der Waals surface area contributed by atoms with Gasteiger partial charge < -0.3 is 21.7 Å². The number of anilines is 3. The van der Waals surface area contributed by atoms with Gasteiger partial charge in [-0.05, 0) is 50.1 Å². The van der Waals surface area contributed by atoms with Crippen LogP contribution < -0.4 is 21.7 Å². The minimum atomic E-state index is -0.644. The second kappa shape index (κ2) is 12.1. The van der Waals surface area contributed by atoms with Crippen molar-refractivity contribution in [2.45, 2.75) is 45.1 Å². The number of nitrogens with two attached hydrogens (primary N) is 1. The molecule has 30 heavy (non-hydrogen) atoms. The van der Waals surface area contributed by atoms with E-state index in [1.807, 2.05) is 24.3 Å². The van der Waals surface area contributed by atoms with Crippen LogP contribution in [0.5, 0.6) is 0 Å². The van der Waals surface area contributed by atoms with Crippen molar-refractivity contribution in [3.8, 4) is 0 Å². The Morgan fingerprint density at radius 1 is 0.867 bits per heavy atom. The molecule has 0 aliphatic carbocycles. The molecule has 0 saturated heterocycles. The van der Waals surface area contributed by atoms with E-state index in [0.717, 1.165) is 16.6 Å². The van der Waals surface area contributed by atoms with E-state index in [4.69, 9.17) is 5.73 Å². The molecule has 2 rings (SSSR count). The van der Waals surface area contributed by atoms with Crippen molar-refractivity contribution in [1.29, 1.82) is 0 Å². The minimum Gasteiger partial charge on any atom is -0.326 e. The van der Waals surface area contributed by atoms with Crippen LogP contribution in [-0.4, -0.2) is 23.8 Å². The molecule has 0 bridgehead atoms. The molecule has 0 spiro atoms. The van der Waals surface area contributed by atoms with Gasteiger partial charge in [-0.3, -0.25) is 14.4 Å². The number of para-hydroxylation sites is 2. The Hall–Kier alpha value is -2.71. The van der Waals surface area contributed by atoms with Crippen molar-refractivity contribution in [2.24, 2.45) is 5.73 Å². The van der Waals surface area contributed by atoms with Gasteiger partial charge in [0.15, 0.2) is 0 Å². The molecule has 0 aliphatic rings. The van der Waals surface area contributed by atoms with Crippen molar-refractivity contribution >= 4 is 50.7 Å². The van der Waals surface area contributed by atoms with Crippen LogP contribution in [0.25, 0.3) is 0 Å². The fourth-order valence-electron chi connectivity index (χ4n) is 2.70. The molecule has 0 aromatic heterocycles. The molecule has 160 valence electrons. The molecule has 2 aromatic carbocycles. The van der Waals surface area contributed by atoms with Crippen molar-refractivity contribution in [2.75, 3.05) is 16.0 Å². The Kier molecular flexibility index (Phi) is 9.50. The quantitative estimate of drug-likeness (QED) is 0.385. The Balaban J connectivity index is 1.69. The first kappa shape index (κ1) is 23.6. The maximum Gasteiger partial charge on any atom is 0.241 e. The van der Waals surface area contributed by atoms with E-state index in [9.17, 15) is 14.4 Å². The number of amides is 3. The van der Waals surface area contributed by atoms with E-state index < -0.39 is 6.04 Å². The maximum atomic E-state index is 12.2. The lowest BCUT2D eigenvalue weighted by atomic mass is 10.1. The lowest BCUT2D eigenvalue weighted by Gasteiger charge is -2.13. The van der Waals surface area contributed by atoms with Crippen LogP contribution in [-0.2, 0) is 14.4 Å². The van der Waals surface area contributed by atoms with Gasteiger partial charge in [-0.25, -0.2) is 0 Å². The molecular formula is C22H27BrN4O3. The molecule has 0 unspecified atom stereocenters. The third-order valence-electron chi connectivity index (χ3n) is 4.29. The largest absolute Gasteiger partial charge is 0.326 e. The van der Waals surface area contributed by atoms with Gasteiger partial charge in [0.05, 0.1) is 17.4 Å². The van der Waals surface area contributed by atoms with Crippen LogP contribution in [0.15, 0.2) is 53.0 Å². The van der Waals surface area contributed by atoms with Crippen molar-refractivity contribution < 1.29 is 14.4 Å². The number of unbranched alkanes of at least 4 members (excludes halogenated alkanes) is 2.